The number of carbonyl (C=O) groups is 1. The average Bonchev–Trinajstić information content (AvgIpc) is 2.65. The molecular weight excluding hydrogens is 248 g/mol. The van der Waals surface area contributed by atoms with Crippen molar-refractivity contribution in [1.29, 1.82) is 0 Å². The zero-order valence-electron chi connectivity index (χ0n) is 7.46. The lowest BCUT2D eigenvalue weighted by molar-refractivity contribution is 0.0983. The van der Waals surface area contributed by atoms with Gasteiger partial charge in [0, 0.05) is 5.57 Å². The molecule has 0 unspecified atom stereocenters. The first kappa shape index (κ1) is 9.52. The first-order valence-electron chi connectivity index (χ1n) is 4.38. The summed E-state index contributed by atoms with van der Waals surface area (Å²) in [5.74, 6) is 0.268. The van der Waals surface area contributed by atoms with Crippen LogP contribution in [0.15, 0.2) is 33.1 Å². The van der Waals surface area contributed by atoms with Crippen molar-refractivity contribution < 1.29 is 13.9 Å². The molecule has 3 nitrogen and oxygen atoms in total. The zero-order chi connectivity index (χ0) is 9.97. The van der Waals surface area contributed by atoms with E-state index in [0.29, 0.717) is 22.6 Å². The lowest BCUT2D eigenvalue weighted by atomic mass is 10.0. The largest absolute Gasteiger partial charge is 0.501 e. The van der Waals surface area contributed by atoms with Crippen molar-refractivity contribution in [3.63, 3.8) is 0 Å². The van der Waals surface area contributed by atoms with Gasteiger partial charge in [-0.15, -0.1) is 0 Å². The maximum Gasteiger partial charge on any atom is 0.227 e. The van der Waals surface area contributed by atoms with E-state index in [1.807, 2.05) is 0 Å². The van der Waals surface area contributed by atoms with Gasteiger partial charge >= 0.3 is 0 Å². The molecule has 2 rings (SSSR count). The van der Waals surface area contributed by atoms with Crippen LogP contribution >= 0.6 is 15.9 Å². The minimum absolute atomic E-state index is 0.0876. The molecule has 14 heavy (non-hydrogen) atoms. The molecule has 0 aliphatic carbocycles. The first-order valence-corrected chi connectivity index (χ1v) is 5.17. The van der Waals surface area contributed by atoms with Crippen molar-refractivity contribution in [2.24, 2.45) is 0 Å². The molecule has 1 aliphatic heterocycles. The third kappa shape index (κ3) is 1.90. The highest BCUT2D eigenvalue weighted by Crippen LogP contribution is 2.21. The number of ether oxygens (including phenoxy) is 1. The third-order valence-corrected chi connectivity index (χ3v) is 2.45. The number of halogens is 1. The Kier molecular flexibility index (Phi) is 2.72. The summed E-state index contributed by atoms with van der Waals surface area (Å²) in [5.41, 5.74) is 0.679. The van der Waals surface area contributed by atoms with Gasteiger partial charge in [0.05, 0.1) is 12.9 Å². The Morgan fingerprint density at radius 2 is 2.29 bits per heavy atom. The molecule has 2 heterocycles. The number of hydrogen-bond donors (Lipinski definition) is 0. The van der Waals surface area contributed by atoms with Crippen LogP contribution in [0.25, 0.3) is 0 Å². The maximum absolute atomic E-state index is 11.8. The Labute approximate surface area is 89.9 Å². The van der Waals surface area contributed by atoms with Crippen LogP contribution in [0.5, 0.6) is 0 Å². The van der Waals surface area contributed by atoms with E-state index in [2.05, 4.69) is 15.9 Å². The second kappa shape index (κ2) is 4.00. The fourth-order valence-electron chi connectivity index (χ4n) is 1.33. The van der Waals surface area contributed by atoms with Crippen LogP contribution in [0.4, 0.5) is 0 Å². The van der Waals surface area contributed by atoms with Gasteiger partial charge in [0.1, 0.15) is 0 Å². The van der Waals surface area contributed by atoms with E-state index in [-0.39, 0.29) is 5.78 Å². The number of rotatable bonds is 2. The van der Waals surface area contributed by atoms with E-state index >= 15 is 0 Å². The molecule has 4 heteroatoms. The SMILES string of the molecule is O=C(C1=COCCC1)c1ccc(Br)o1. The monoisotopic (exact) mass is 256 g/mol. The molecule has 1 aromatic heterocycles. The Morgan fingerprint density at radius 3 is 2.86 bits per heavy atom. The Balaban J connectivity index is 2.19. The number of Topliss-reactive ketones (excluding diaryl/α,β-unsaturated/α-hetero) is 1. The molecule has 0 spiro atoms. The van der Waals surface area contributed by atoms with Crippen LogP contribution in [0.1, 0.15) is 23.4 Å². The molecule has 1 aromatic rings. The van der Waals surface area contributed by atoms with Gasteiger partial charge in [-0.05, 0) is 40.9 Å². The summed E-state index contributed by atoms with van der Waals surface area (Å²) in [5, 5.41) is 0. The fourth-order valence-corrected chi connectivity index (χ4v) is 1.63. The van der Waals surface area contributed by atoms with E-state index in [9.17, 15) is 4.79 Å². The summed E-state index contributed by atoms with van der Waals surface area (Å²) in [6.45, 7) is 0.693. The quantitative estimate of drug-likeness (QED) is 0.764. The highest BCUT2D eigenvalue weighted by Gasteiger charge is 2.18. The van der Waals surface area contributed by atoms with Crippen molar-refractivity contribution >= 4 is 21.7 Å². The molecular formula is C10H9BrO3. The van der Waals surface area contributed by atoms with Crippen LogP contribution < -0.4 is 0 Å². The molecule has 0 N–H and O–H groups in total. The molecule has 0 aromatic carbocycles. The molecule has 0 bridgehead atoms. The predicted octanol–water partition coefficient (Wildman–Crippen LogP) is 2.92. The molecule has 0 saturated carbocycles. The van der Waals surface area contributed by atoms with Gasteiger partial charge in [-0.25, -0.2) is 0 Å². The third-order valence-electron chi connectivity index (χ3n) is 2.02. The predicted molar refractivity (Wildman–Crippen MR) is 54.0 cm³/mol. The van der Waals surface area contributed by atoms with Gasteiger partial charge in [0.15, 0.2) is 10.4 Å². The summed E-state index contributed by atoms with van der Waals surface area (Å²) >= 11 is 3.15. The lowest BCUT2D eigenvalue weighted by Crippen LogP contribution is -2.08. The van der Waals surface area contributed by atoms with Crippen molar-refractivity contribution in [2.45, 2.75) is 12.8 Å². The normalized spacial score (nSPS) is 15.9. The van der Waals surface area contributed by atoms with Gasteiger partial charge in [-0.1, -0.05) is 0 Å². The van der Waals surface area contributed by atoms with Gasteiger partial charge in [-0.2, -0.15) is 0 Å². The van der Waals surface area contributed by atoms with Crippen LogP contribution in [-0.2, 0) is 4.74 Å². The molecule has 0 radical (unpaired) electrons. The Hall–Kier alpha value is -1.03. The first-order chi connectivity index (χ1) is 6.77. The van der Waals surface area contributed by atoms with Crippen molar-refractivity contribution in [3.8, 4) is 0 Å². The number of furan rings is 1. The highest BCUT2D eigenvalue weighted by atomic mass is 79.9. The number of ketones is 1. The van der Waals surface area contributed by atoms with Crippen LogP contribution in [0, 0.1) is 0 Å². The highest BCUT2D eigenvalue weighted by molar-refractivity contribution is 9.10. The van der Waals surface area contributed by atoms with Crippen molar-refractivity contribution in [1.82, 2.24) is 0 Å². The van der Waals surface area contributed by atoms with Crippen LogP contribution in [0.3, 0.4) is 0 Å². The number of carbonyl (C=O) groups excluding carboxylic acids is 1. The summed E-state index contributed by atoms with van der Waals surface area (Å²) < 4.78 is 10.8. The van der Waals surface area contributed by atoms with Gasteiger partial charge in [0.2, 0.25) is 5.78 Å². The zero-order valence-corrected chi connectivity index (χ0v) is 9.04. The minimum atomic E-state index is -0.0876. The van der Waals surface area contributed by atoms with Gasteiger partial charge < -0.3 is 9.15 Å². The summed E-state index contributed by atoms with van der Waals surface area (Å²) in [7, 11) is 0. The second-order valence-corrected chi connectivity index (χ2v) is 3.83. The molecule has 1 aliphatic rings. The Morgan fingerprint density at radius 1 is 1.43 bits per heavy atom. The summed E-state index contributed by atoms with van der Waals surface area (Å²) in [6.07, 6.45) is 3.18. The van der Waals surface area contributed by atoms with E-state index in [1.54, 1.807) is 12.1 Å². The van der Waals surface area contributed by atoms with Gasteiger partial charge in [0.25, 0.3) is 0 Å². The van der Waals surface area contributed by atoms with Crippen molar-refractivity contribution in [3.05, 3.63) is 34.4 Å². The molecule has 74 valence electrons. The van der Waals surface area contributed by atoms with E-state index in [4.69, 9.17) is 9.15 Å². The average molecular weight is 257 g/mol. The van der Waals surface area contributed by atoms with Gasteiger partial charge in [-0.3, -0.25) is 4.79 Å². The smallest absolute Gasteiger partial charge is 0.227 e. The molecule has 0 fully saturated rings. The number of hydrogen-bond acceptors (Lipinski definition) is 3. The number of allylic oxidation sites excluding steroid dienone is 1. The van der Waals surface area contributed by atoms with E-state index < -0.39 is 0 Å². The second-order valence-electron chi connectivity index (χ2n) is 3.05. The maximum atomic E-state index is 11.8. The fraction of sp³-hybridized carbons (Fsp3) is 0.300. The van der Waals surface area contributed by atoms with E-state index in [1.165, 1.54) is 6.26 Å². The summed E-state index contributed by atoms with van der Waals surface area (Å²) in [6, 6.07) is 3.36. The molecule has 0 atom stereocenters. The Bertz CT molecular complexity index is 378. The van der Waals surface area contributed by atoms with Crippen LogP contribution in [0.2, 0.25) is 0 Å². The van der Waals surface area contributed by atoms with Crippen molar-refractivity contribution in [2.75, 3.05) is 6.61 Å². The lowest BCUT2D eigenvalue weighted by Gasteiger charge is -2.10. The molecule has 0 amide bonds. The summed E-state index contributed by atoms with van der Waals surface area (Å²) in [4.78, 5) is 11.8. The van der Waals surface area contributed by atoms with E-state index in [0.717, 1.165) is 12.8 Å². The topological polar surface area (TPSA) is 39.4 Å². The van der Waals surface area contributed by atoms with Crippen LogP contribution in [-0.4, -0.2) is 12.4 Å². The standard InChI is InChI=1S/C10H9BrO3/c11-9-4-3-8(14-9)10(12)7-2-1-5-13-6-7/h3-4,6H,1-2,5H2. The minimum Gasteiger partial charge on any atom is -0.501 e. The molecule has 0 saturated heterocycles.